The third-order valence-corrected chi connectivity index (χ3v) is 3.44. The number of hydrogen-bond acceptors (Lipinski definition) is 2. The fraction of sp³-hybridized carbons (Fsp3) is 0.118. The number of rotatable bonds is 3. The molecule has 1 aromatic heterocycles. The molecule has 4 heteroatoms. The third kappa shape index (κ3) is 2.69. The van der Waals surface area contributed by atoms with Crippen molar-refractivity contribution in [3.8, 4) is 17.0 Å². The van der Waals surface area contributed by atoms with E-state index in [9.17, 15) is 4.39 Å². The van der Waals surface area contributed by atoms with Gasteiger partial charge in [0.15, 0.2) is 0 Å². The Balaban J connectivity index is 2.33. The van der Waals surface area contributed by atoms with Gasteiger partial charge in [-0.25, -0.2) is 9.37 Å². The summed E-state index contributed by atoms with van der Waals surface area (Å²) in [5, 5.41) is 1.39. The molecule has 21 heavy (non-hydrogen) atoms. The molecule has 3 rings (SSSR count). The highest BCUT2D eigenvalue weighted by atomic mass is 35.5. The number of halogens is 2. The van der Waals surface area contributed by atoms with Gasteiger partial charge in [-0.3, -0.25) is 0 Å². The van der Waals surface area contributed by atoms with Gasteiger partial charge in [-0.15, -0.1) is 0 Å². The summed E-state index contributed by atoms with van der Waals surface area (Å²) in [6.07, 6.45) is 0. The summed E-state index contributed by atoms with van der Waals surface area (Å²) in [5.41, 5.74) is 1.96. The Kier molecular flexibility index (Phi) is 3.76. The molecule has 0 fully saturated rings. The van der Waals surface area contributed by atoms with Crippen LogP contribution in [0.5, 0.6) is 5.88 Å². The molecule has 2 nitrogen and oxygen atoms in total. The molecule has 1 heterocycles. The van der Waals surface area contributed by atoms with Crippen LogP contribution in [0.2, 0.25) is 5.02 Å². The molecule has 0 saturated heterocycles. The average Bonchev–Trinajstić information content (AvgIpc) is 2.48. The maximum Gasteiger partial charge on any atom is 0.214 e. The van der Waals surface area contributed by atoms with Crippen molar-refractivity contribution < 1.29 is 9.13 Å². The quantitative estimate of drug-likeness (QED) is 0.672. The highest BCUT2D eigenvalue weighted by Gasteiger charge is 2.12. The lowest BCUT2D eigenvalue weighted by Crippen LogP contribution is -1.96. The van der Waals surface area contributed by atoms with Gasteiger partial charge >= 0.3 is 0 Å². The van der Waals surface area contributed by atoms with Gasteiger partial charge in [-0.05, 0) is 36.8 Å². The predicted octanol–water partition coefficient (Wildman–Crippen LogP) is 5.09. The molecule has 0 unspecified atom stereocenters. The number of pyridine rings is 1. The highest BCUT2D eigenvalue weighted by molar-refractivity contribution is 6.31. The van der Waals surface area contributed by atoms with Crippen molar-refractivity contribution >= 4 is 22.5 Å². The van der Waals surface area contributed by atoms with Crippen LogP contribution in [0.1, 0.15) is 6.92 Å². The van der Waals surface area contributed by atoms with E-state index in [0.717, 1.165) is 16.5 Å². The zero-order valence-electron chi connectivity index (χ0n) is 11.4. The van der Waals surface area contributed by atoms with E-state index in [1.165, 1.54) is 6.07 Å². The molecule has 0 amide bonds. The van der Waals surface area contributed by atoms with Crippen molar-refractivity contribution in [2.45, 2.75) is 6.92 Å². The second kappa shape index (κ2) is 5.70. The van der Waals surface area contributed by atoms with Gasteiger partial charge in [0, 0.05) is 22.0 Å². The first-order valence-electron chi connectivity index (χ1n) is 6.67. The molecule has 0 N–H and O–H groups in total. The molecule has 2 aromatic carbocycles. The monoisotopic (exact) mass is 301 g/mol. The molecule has 0 aliphatic rings. The van der Waals surface area contributed by atoms with E-state index in [-0.39, 0.29) is 5.82 Å². The van der Waals surface area contributed by atoms with Crippen LogP contribution < -0.4 is 4.74 Å². The number of nitrogens with zero attached hydrogens (tertiary/aromatic N) is 1. The van der Waals surface area contributed by atoms with Crippen molar-refractivity contribution in [1.82, 2.24) is 4.98 Å². The first-order chi connectivity index (χ1) is 10.2. The number of ether oxygens (including phenoxy) is 1. The normalized spacial score (nSPS) is 10.8. The largest absolute Gasteiger partial charge is 0.478 e. The molecule has 0 atom stereocenters. The van der Waals surface area contributed by atoms with Gasteiger partial charge in [0.25, 0.3) is 0 Å². The minimum Gasteiger partial charge on any atom is -0.478 e. The van der Waals surface area contributed by atoms with E-state index < -0.39 is 0 Å². The highest BCUT2D eigenvalue weighted by Crippen LogP contribution is 2.33. The van der Waals surface area contributed by atoms with Crippen LogP contribution in [0, 0.1) is 5.82 Å². The molecule has 3 aromatic rings. The Labute approximate surface area is 127 Å². The van der Waals surface area contributed by atoms with E-state index in [1.807, 2.05) is 13.0 Å². The fourth-order valence-corrected chi connectivity index (χ4v) is 2.47. The summed E-state index contributed by atoms with van der Waals surface area (Å²) in [6.45, 7) is 2.39. The number of fused-ring (bicyclic) bond motifs is 1. The summed E-state index contributed by atoms with van der Waals surface area (Å²) >= 11 is 6.07. The lowest BCUT2D eigenvalue weighted by atomic mass is 10.0. The van der Waals surface area contributed by atoms with Crippen molar-refractivity contribution in [1.29, 1.82) is 0 Å². The Morgan fingerprint density at radius 3 is 2.67 bits per heavy atom. The van der Waals surface area contributed by atoms with Gasteiger partial charge in [-0.1, -0.05) is 29.8 Å². The maximum absolute atomic E-state index is 14.1. The summed E-state index contributed by atoms with van der Waals surface area (Å²) in [7, 11) is 0. The van der Waals surface area contributed by atoms with Crippen LogP contribution >= 0.6 is 11.6 Å². The summed E-state index contributed by atoms with van der Waals surface area (Å²) in [5.74, 6) is 0.193. The smallest absolute Gasteiger partial charge is 0.214 e. The van der Waals surface area contributed by atoms with E-state index >= 15 is 0 Å². The molecule has 0 radical (unpaired) electrons. The van der Waals surface area contributed by atoms with E-state index in [4.69, 9.17) is 16.3 Å². The van der Waals surface area contributed by atoms with Crippen LogP contribution in [0.25, 0.3) is 22.0 Å². The minimum atomic E-state index is -0.285. The zero-order valence-corrected chi connectivity index (χ0v) is 12.2. The van der Waals surface area contributed by atoms with E-state index in [1.54, 1.807) is 36.4 Å². The molecular formula is C17H13ClFNO. The lowest BCUT2D eigenvalue weighted by Gasteiger charge is -2.11. The second-order valence-electron chi connectivity index (χ2n) is 4.58. The maximum atomic E-state index is 14.1. The zero-order chi connectivity index (χ0) is 14.8. The van der Waals surface area contributed by atoms with Crippen LogP contribution in [0.3, 0.4) is 0 Å². The van der Waals surface area contributed by atoms with Gasteiger partial charge < -0.3 is 4.74 Å². The summed E-state index contributed by atoms with van der Waals surface area (Å²) < 4.78 is 19.6. The van der Waals surface area contributed by atoms with Gasteiger partial charge in [-0.2, -0.15) is 0 Å². The molecule has 106 valence electrons. The molecule has 0 spiro atoms. The van der Waals surface area contributed by atoms with Crippen molar-refractivity contribution in [3.05, 3.63) is 59.4 Å². The third-order valence-electron chi connectivity index (χ3n) is 3.20. The molecule has 0 saturated carbocycles. The lowest BCUT2D eigenvalue weighted by molar-refractivity contribution is 0.328. The minimum absolute atomic E-state index is 0.285. The Morgan fingerprint density at radius 2 is 1.90 bits per heavy atom. The fourth-order valence-electron chi connectivity index (χ4n) is 2.30. The molecule has 0 bridgehead atoms. The van der Waals surface area contributed by atoms with Gasteiger partial charge in [0.2, 0.25) is 5.88 Å². The van der Waals surface area contributed by atoms with Gasteiger partial charge in [0.05, 0.1) is 12.1 Å². The number of benzene rings is 2. The van der Waals surface area contributed by atoms with Crippen molar-refractivity contribution in [2.75, 3.05) is 6.61 Å². The Bertz CT molecular complexity index is 804. The average molecular weight is 302 g/mol. The number of hydrogen-bond donors (Lipinski definition) is 0. The van der Waals surface area contributed by atoms with Crippen molar-refractivity contribution in [3.63, 3.8) is 0 Å². The van der Waals surface area contributed by atoms with E-state index in [0.29, 0.717) is 23.1 Å². The first-order valence-corrected chi connectivity index (χ1v) is 7.05. The SMILES string of the molecule is CCOc1cc(-c2ccccc2F)c2cc(Cl)ccc2n1. The molecular weight excluding hydrogens is 289 g/mol. The summed E-state index contributed by atoms with van der Waals surface area (Å²) in [6, 6.07) is 13.8. The van der Waals surface area contributed by atoms with Crippen LogP contribution in [-0.2, 0) is 0 Å². The Morgan fingerprint density at radius 1 is 1.10 bits per heavy atom. The van der Waals surface area contributed by atoms with Crippen LogP contribution in [0.15, 0.2) is 48.5 Å². The van der Waals surface area contributed by atoms with Crippen LogP contribution in [-0.4, -0.2) is 11.6 Å². The predicted molar refractivity (Wildman–Crippen MR) is 83.3 cm³/mol. The standard InChI is InChI=1S/C17H13ClFNO/c1-2-21-17-10-13(12-5-3-4-6-15(12)19)14-9-11(18)7-8-16(14)20-17/h3-10H,2H2,1H3. The van der Waals surface area contributed by atoms with Gasteiger partial charge in [0.1, 0.15) is 5.82 Å². The number of aromatic nitrogens is 1. The first kappa shape index (κ1) is 13.8. The molecule has 0 aliphatic carbocycles. The van der Waals surface area contributed by atoms with Crippen molar-refractivity contribution in [2.24, 2.45) is 0 Å². The van der Waals surface area contributed by atoms with Crippen LogP contribution in [0.4, 0.5) is 4.39 Å². The topological polar surface area (TPSA) is 22.1 Å². The van der Waals surface area contributed by atoms with E-state index in [2.05, 4.69) is 4.98 Å². The molecule has 0 aliphatic heterocycles. The Hall–Kier alpha value is -2.13. The summed E-state index contributed by atoms with van der Waals surface area (Å²) in [4.78, 5) is 4.42. The second-order valence-corrected chi connectivity index (χ2v) is 5.02.